The van der Waals surface area contributed by atoms with Crippen LogP contribution < -0.4 is 14.8 Å². The van der Waals surface area contributed by atoms with Gasteiger partial charge in [-0.25, -0.2) is 0 Å². The molecule has 0 saturated carbocycles. The lowest BCUT2D eigenvalue weighted by Crippen LogP contribution is -2.52. The van der Waals surface area contributed by atoms with Gasteiger partial charge in [0.25, 0.3) is 5.91 Å². The number of carboxylic acids is 1. The highest BCUT2D eigenvalue weighted by Gasteiger charge is 2.32. The Hall–Kier alpha value is -2.24. The smallest absolute Gasteiger partial charge is 0.305 e. The van der Waals surface area contributed by atoms with Crippen molar-refractivity contribution >= 4 is 11.9 Å². The van der Waals surface area contributed by atoms with Crippen molar-refractivity contribution in [2.24, 2.45) is 5.92 Å². The number of amides is 1. The molecule has 0 aliphatic carbocycles. The molecule has 1 amide bonds. The van der Waals surface area contributed by atoms with E-state index >= 15 is 0 Å². The summed E-state index contributed by atoms with van der Waals surface area (Å²) < 4.78 is 10.5. The molecule has 0 radical (unpaired) electrons. The largest absolute Gasteiger partial charge is 0.497 e. The number of carboxylic acid groups (broad SMARTS) is 1. The summed E-state index contributed by atoms with van der Waals surface area (Å²) in [7, 11) is 1.55. The van der Waals surface area contributed by atoms with E-state index in [2.05, 4.69) is 5.32 Å². The zero-order valence-corrected chi connectivity index (χ0v) is 13.4. The lowest BCUT2D eigenvalue weighted by atomic mass is 9.85. The summed E-state index contributed by atoms with van der Waals surface area (Å²) in [5.74, 6) is -0.190. The van der Waals surface area contributed by atoms with Crippen LogP contribution in [-0.4, -0.2) is 36.2 Å². The average Bonchev–Trinajstić information content (AvgIpc) is 2.44. The SMILES string of the molecule is COc1cccc(OCC(=O)NC(C)(CC(=O)O)C(C)C)c1. The first-order valence-electron chi connectivity index (χ1n) is 7.06. The molecule has 1 unspecified atom stereocenters. The van der Waals surface area contributed by atoms with Gasteiger partial charge in [-0.2, -0.15) is 0 Å². The number of aliphatic carboxylic acids is 1. The van der Waals surface area contributed by atoms with Crippen molar-refractivity contribution in [1.29, 1.82) is 0 Å². The van der Waals surface area contributed by atoms with Gasteiger partial charge < -0.3 is 19.9 Å². The van der Waals surface area contributed by atoms with Gasteiger partial charge >= 0.3 is 5.97 Å². The molecular formula is C16H23NO5. The van der Waals surface area contributed by atoms with Crippen molar-refractivity contribution < 1.29 is 24.2 Å². The molecule has 6 heteroatoms. The third kappa shape index (κ3) is 5.27. The van der Waals surface area contributed by atoms with Crippen molar-refractivity contribution in [1.82, 2.24) is 5.32 Å². The van der Waals surface area contributed by atoms with Crippen molar-refractivity contribution in [3.63, 3.8) is 0 Å². The van der Waals surface area contributed by atoms with E-state index in [9.17, 15) is 9.59 Å². The highest BCUT2D eigenvalue weighted by Crippen LogP contribution is 2.21. The summed E-state index contributed by atoms with van der Waals surface area (Å²) in [5.41, 5.74) is -0.819. The van der Waals surface area contributed by atoms with Crippen LogP contribution in [0.5, 0.6) is 11.5 Å². The minimum atomic E-state index is -0.954. The molecule has 0 heterocycles. The number of ether oxygens (including phenoxy) is 2. The van der Waals surface area contributed by atoms with Gasteiger partial charge in [-0.05, 0) is 25.0 Å². The van der Waals surface area contributed by atoms with Gasteiger partial charge in [0.05, 0.1) is 19.1 Å². The molecule has 0 bridgehead atoms. The molecule has 0 aliphatic rings. The van der Waals surface area contributed by atoms with Crippen molar-refractivity contribution in [3.8, 4) is 11.5 Å². The highest BCUT2D eigenvalue weighted by molar-refractivity contribution is 5.79. The van der Waals surface area contributed by atoms with Gasteiger partial charge in [0.1, 0.15) is 11.5 Å². The fraction of sp³-hybridized carbons (Fsp3) is 0.500. The Balaban J connectivity index is 2.62. The van der Waals surface area contributed by atoms with Gasteiger partial charge in [-0.1, -0.05) is 19.9 Å². The normalized spacial score (nSPS) is 13.3. The summed E-state index contributed by atoms with van der Waals surface area (Å²) in [6.45, 7) is 5.27. The maximum atomic E-state index is 12.0. The number of hydrogen-bond donors (Lipinski definition) is 2. The van der Waals surface area contributed by atoms with Gasteiger partial charge in [-0.15, -0.1) is 0 Å². The second kappa shape index (κ2) is 7.68. The number of methoxy groups -OCH3 is 1. The Morgan fingerprint density at radius 2 is 1.95 bits per heavy atom. The predicted molar refractivity (Wildman–Crippen MR) is 82.1 cm³/mol. The second-order valence-electron chi connectivity index (χ2n) is 5.66. The molecule has 1 aromatic carbocycles. The molecule has 22 heavy (non-hydrogen) atoms. The van der Waals surface area contributed by atoms with Gasteiger partial charge in [0.15, 0.2) is 6.61 Å². The van der Waals surface area contributed by atoms with Crippen LogP contribution in [0.15, 0.2) is 24.3 Å². The average molecular weight is 309 g/mol. The monoisotopic (exact) mass is 309 g/mol. The molecule has 0 aromatic heterocycles. The molecule has 122 valence electrons. The summed E-state index contributed by atoms with van der Waals surface area (Å²) >= 11 is 0. The topological polar surface area (TPSA) is 84.9 Å². The van der Waals surface area contributed by atoms with Crippen molar-refractivity contribution in [2.75, 3.05) is 13.7 Å². The maximum absolute atomic E-state index is 12.0. The minimum absolute atomic E-state index is 0.0237. The van der Waals surface area contributed by atoms with Gasteiger partial charge in [0.2, 0.25) is 0 Å². The standard InChI is InChI=1S/C16H23NO5/c1-11(2)16(3,9-15(19)20)17-14(18)10-22-13-7-5-6-12(8-13)21-4/h5-8,11H,9-10H2,1-4H3,(H,17,18)(H,19,20). The van der Waals surface area contributed by atoms with E-state index in [0.29, 0.717) is 11.5 Å². The fourth-order valence-corrected chi connectivity index (χ4v) is 1.90. The molecule has 0 saturated heterocycles. The molecule has 6 nitrogen and oxygen atoms in total. The summed E-state index contributed by atoms with van der Waals surface area (Å²) in [4.78, 5) is 23.0. The third-order valence-corrected chi connectivity index (χ3v) is 3.63. The Morgan fingerprint density at radius 3 is 2.50 bits per heavy atom. The zero-order chi connectivity index (χ0) is 16.8. The fourth-order valence-electron chi connectivity index (χ4n) is 1.90. The summed E-state index contributed by atoms with van der Waals surface area (Å²) in [6, 6.07) is 6.92. The van der Waals surface area contributed by atoms with Crippen LogP contribution in [0.1, 0.15) is 27.2 Å². The third-order valence-electron chi connectivity index (χ3n) is 3.63. The lowest BCUT2D eigenvalue weighted by Gasteiger charge is -2.33. The number of carbonyl (C=O) groups excluding carboxylic acids is 1. The van der Waals surface area contributed by atoms with Crippen molar-refractivity contribution in [2.45, 2.75) is 32.7 Å². The second-order valence-corrected chi connectivity index (χ2v) is 5.66. The van der Waals surface area contributed by atoms with Gasteiger partial charge in [-0.3, -0.25) is 9.59 Å². The zero-order valence-electron chi connectivity index (χ0n) is 13.4. The van der Waals surface area contributed by atoms with Gasteiger partial charge in [0, 0.05) is 6.07 Å². The lowest BCUT2D eigenvalue weighted by molar-refractivity contribution is -0.139. The highest BCUT2D eigenvalue weighted by atomic mass is 16.5. The number of rotatable bonds is 8. The number of nitrogens with one attached hydrogen (secondary N) is 1. The molecule has 2 N–H and O–H groups in total. The molecule has 1 aromatic rings. The molecule has 1 rings (SSSR count). The Morgan fingerprint density at radius 1 is 1.32 bits per heavy atom. The van der Waals surface area contributed by atoms with Crippen LogP contribution in [0, 0.1) is 5.92 Å². The van der Waals surface area contributed by atoms with Crippen LogP contribution in [0.4, 0.5) is 0 Å². The number of carbonyl (C=O) groups is 2. The molecule has 0 aliphatic heterocycles. The van der Waals surface area contributed by atoms with E-state index in [1.807, 2.05) is 13.8 Å². The van der Waals surface area contributed by atoms with E-state index < -0.39 is 11.5 Å². The molecular weight excluding hydrogens is 286 g/mol. The Bertz CT molecular complexity index is 529. The van der Waals surface area contributed by atoms with Crippen LogP contribution in [0.2, 0.25) is 0 Å². The van der Waals surface area contributed by atoms with E-state index in [1.54, 1.807) is 38.3 Å². The first-order chi connectivity index (χ1) is 10.3. The van der Waals surface area contributed by atoms with E-state index in [0.717, 1.165) is 0 Å². The Labute approximate surface area is 130 Å². The first kappa shape index (κ1) is 17.8. The van der Waals surface area contributed by atoms with Crippen LogP contribution in [-0.2, 0) is 9.59 Å². The quantitative estimate of drug-likeness (QED) is 0.768. The van der Waals surface area contributed by atoms with Crippen LogP contribution in [0.3, 0.4) is 0 Å². The van der Waals surface area contributed by atoms with E-state index in [-0.39, 0.29) is 24.9 Å². The van der Waals surface area contributed by atoms with E-state index in [1.165, 1.54) is 0 Å². The first-order valence-corrected chi connectivity index (χ1v) is 7.06. The number of hydrogen-bond acceptors (Lipinski definition) is 4. The van der Waals surface area contributed by atoms with E-state index in [4.69, 9.17) is 14.6 Å². The van der Waals surface area contributed by atoms with Crippen LogP contribution in [0.25, 0.3) is 0 Å². The molecule has 1 atom stereocenters. The summed E-state index contributed by atoms with van der Waals surface area (Å²) in [6.07, 6.45) is -0.143. The summed E-state index contributed by atoms with van der Waals surface area (Å²) in [5, 5.41) is 11.7. The predicted octanol–water partition coefficient (Wildman–Crippen LogP) is 2.08. The number of benzene rings is 1. The minimum Gasteiger partial charge on any atom is -0.497 e. The Kier molecular flexibility index (Phi) is 6.22. The van der Waals surface area contributed by atoms with Crippen molar-refractivity contribution in [3.05, 3.63) is 24.3 Å². The van der Waals surface area contributed by atoms with Crippen LogP contribution >= 0.6 is 0 Å². The molecule has 0 spiro atoms. The molecule has 0 fully saturated rings. The maximum Gasteiger partial charge on any atom is 0.305 e.